The number of halogens is 1. The number of benzene rings is 1. The van der Waals surface area contributed by atoms with Crippen LogP contribution in [-0.2, 0) is 0 Å². The average Bonchev–Trinajstić information content (AvgIpc) is 2.14. The predicted octanol–water partition coefficient (Wildman–Crippen LogP) is 4.49. The van der Waals surface area contributed by atoms with Gasteiger partial charge >= 0.3 is 0 Å². The van der Waals surface area contributed by atoms with E-state index in [1.807, 2.05) is 26.8 Å². The largest absolute Gasteiger partial charge is 0.398 e. The van der Waals surface area contributed by atoms with E-state index in [2.05, 4.69) is 35.8 Å². The topological polar surface area (TPSA) is 26.0 Å². The van der Waals surface area contributed by atoms with Crippen molar-refractivity contribution in [2.45, 2.75) is 40.5 Å². The van der Waals surface area contributed by atoms with Crippen molar-refractivity contribution < 1.29 is 0 Å². The highest BCUT2D eigenvalue weighted by molar-refractivity contribution is 9.10. The average molecular weight is 258 g/mol. The molecule has 0 aliphatic carbocycles. The smallest absolute Gasteiger partial charge is 0.0352 e. The Morgan fingerprint density at radius 2 is 1.71 bits per heavy atom. The highest BCUT2D eigenvalue weighted by atomic mass is 79.9. The van der Waals surface area contributed by atoms with Crippen LogP contribution in [0.5, 0.6) is 0 Å². The van der Waals surface area contributed by atoms with E-state index in [0.29, 0.717) is 5.92 Å². The number of hydrogen-bond acceptors (Lipinski definition) is 1. The molecule has 1 nitrogen and oxygen atoms in total. The number of nitrogen functional groups attached to an aromatic ring is 1. The van der Waals surface area contributed by atoms with E-state index in [0.717, 1.165) is 10.2 Å². The molecule has 14 heavy (non-hydrogen) atoms. The molecule has 0 saturated carbocycles. The van der Waals surface area contributed by atoms with Crippen molar-refractivity contribution in [2.24, 2.45) is 0 Å². The van der Waals surface area contributed by atoms with Gasteiger partial charge in [-0.1, -0.05) is 43.6 Å². The second kappa shape index (κ2) is 6.07. The molecule has 0 radical (unpaired) electrons. The van der Waals surface area contributed by atoms with Crippen molar-refractivity contribution in [3.63, 3.8) is 0 Å². The van der Waals surface area contributed by atoms with Gasteiger partial charge < -0.3 is 5.73 Å². The molecule has 1 rings (SSSR count). The Morgan fingerprint density at radius 1 is 1.21 bits per heavy atom. The minimum Gasteiger partial charge on any atom is -0.398 e. The molecule has 80 valence electrons. The van der Waals surface area contributed by atoms with E-state index < -0.39 is 0 Å². The Kier molecular flexibility index (Phi) is 5.86. The Labute approximate surface area is 95.8 Å². The predicted molar refractivity (Wildman–Crippen MR) is 68.7 cm³/mol. The summed E-state index contributed by atoms with van der Waals surface area (Å²) in [4.78, 5) is 0. The van der Waals surface area contributed by atoms with Gasteiger partial charge in [0.1, 0.15) is 0 Å². The molecule has 0 aromatic heterocycles. The molecule has 0 fully saturated rings. The molecule has 0 unspecified atom stereocenters. The minimum atomic E-state index is 0.488. The molecular weight excluding hydrogens is 238 g/mol. The van der Waals surface area contributed by atoms with Crippen LogP contribution in [-0.4, -0.2) is 0 Å². The fraction of sp³-hybridized carbons (Fsp3) is 0.500. The lowest BCUT2D eigenvalue weighted by Crippen LogP contribution is -1.97. The van der Waals surface area contributed by atoms with Crippen LogP contribution in [0.3, 0.4) is 0 Å². The third kappa shape index (κ3) is 3.33. The van der Waals surface area contributed by atoms with E-state index in [1.165, 1.54) is 11.1 Å². The molecule has 0 aliphatic rings. The van der Waals surface area contributed by atoms with Gasteiger partial charge in [0.15, 0.2) is 0 Å². The van der Waals surface area contributed by atoms with Gasteiger partial charge in [0.2, 0.25) is 0 Å². The Morgan fingerprint density at radius 3 is 2.14 bits per heavy atom. The summed E-state index contributed by atoms with van der Waals surface area (Å²) in [6, 6.07) is 4.12. The summed E-state index contributed by atoms with van der Waals surface area (Å²) in [5, 5.41) is 0. The highest BCUT2D eigenvalue weighted by Gasteiger charge is 2.06. The number of hydrogen-bond donors (Lipinski definition) is 1. The maximum atomic E-state index is 5.87. The van der Waals surface area contributed by atoms with E-state index >= 15 is 0 Å². The van der Waals surface area contributed by atoms with Gasteiger partial charge in [-0.05, 0) is 36.1 Å². The van der Waals surface area contributed by atoms with Crippen molar-refractivity contribution >= 4 is 21.6 Å². The van der Waals surface area contributed by atoms with Crippen LogP contribution in [0.1, 0.15) is 44.7 Å². The van der Waals surface area contributed by atoms with Crippen molar-refractivity contribution in [3.8, 4) is 0 Å². The minimum absolute atomic E-state index is 0.488. The molecule has 0 bridgehead atoms. The van der Waals surface area contributed by atoms with Crippen LogP contribution in [0.2, 0.25) is 0 Å². The standard InChI is InChI=1S/C10H14BrN.C2H6/c1-6(2)8-5-9(11)7(3)4-10(8)12;1-2/h4-6H,12H2,1-3H3;1-2H3. The summed E-state index contributed by atoms with van der Waals surface area (Å²) in [7, 11) is 0. The van der Waals surface area contributed by atoms with E-state index in [9.17, 15) is 0 Å². The van der Waals surface area contributed by atoms with Gasteiger partial charge in [-0.3, -0.25) is 0 Å². The number of aryl methyl sites for hydroxylation is 1. The zero-order valence-corrected chi connectivity index (χ0v) is 11.3. The normalized spacial score (nSPS) is 9.64. The van der Waals surface area contributed by atoms with E-state index in [1.54, 1.807) is 0 Å². The van der Waals surface area contributed by atoms with E-state index in [4.69, 9.17) is 5.73 Å². The molecule has 2 N–H and O–H groups in total. The second-order valence-corrected chi connectivity index (χ2v) is 4.24. The Hall–Kier alpha value is -0.500. The van der Waals surface area contributed by atoms with E-state index in [-0.39, 0.29) is 0 Å². The van der Waals surface area contributed by atoms with Crippen LogP contribution >= 0.6 is 15.9 Å². The number of rotatable bonds is 1. The lowest BCUT2D eigenvalue weighted by Gasteiger charge is -2.11. The Balaban J connectivity index is 0.000000791. The molecule has 1 aromatic rings. The SMILES string of the molecule is CC.Cc1cc(N)c(C(C)C)cc1Br. The summed E-state index contributed by atoms with van der Waals surface area (Å²) < 4.78 is 1.14. The first-order valence-electron chi connectivity index (χ1n) is 5.08. The van der Waals surface area contributed by atoms with Crippen LogP contribution < -0.4 is 5.73 Å². The summed E-state index contributed by atoms with van der Waals surface area (Å²) in [6.07, 6.45) is 0. The van der Waals surface area contributed by atoms with Gasteiger partial charge in [0.25, 0.3) is 0 Å². The summed E-state index contributed by atoms with van der Waals surface area (Å²) in [6.45, 7) is 10.3. The van der Waals surface area contributed by atoms with Crippen molar-refractivity contribution in [1.82, 2.24) is 0 Å². The van der Waals surface area contributed by atoms with Gasteiger partial charge in [-0.2, -0.15) is 0 Å². The molecular formula is C12H20BrN. The van der Waals surface area contributed by atoms with Gasteiger partial charge in [0, 0.05) is 10.2 Å². The van der Waals surface area contributed by atoms with Crippen molar-refractivity contribution in [2.75, 3.05) is 5.73 Å². The highest BCUT2D eigenvalue weighted by Crippen LogP contribution is 2.28. The van der Waals surface area contributed by atoms with Crippen LogP contribution in [0, 0.1) is 6.92 Å². The first kappa shape index (κ1) is 13.5. The lowest BCUT2D eigenvalue weighted by molar-refractivity contribution is 0.868. The molecule has 0 saturated heterocycles. The molecule has 2 heteroatoms. The first-order chi connectivity index (χ1) is 6.52. The lowest BCUT2D eigenvalue weighted by atomic mass is 10.00. The van der Waals surface area contributed by atoms with Crippen LogP contribution in [0.25, 0.3) is 0 Å². The molecule has 0 aliphatic heterocycles. The summed E-state index contributed by atoms with van der Waals surface area (Å²) in [5.41, 5.74) is 9.17. The van der Waals surface area contributed by atoms with Gasteiger partial charge in [-0.25, -0.2) is 0 Å². The third-order valence-corrected chi connectivity index (χ3v) is 2.84. The van der Waals surface area contributed by atoms with Crippen molar-refractivity contribution in [1.29, 1.82) is 0 Å². The molecule has 0 amide bonds. The maximum Gasteiger partial charge on any atom is 0.0352 e. The number of nitrogens with two attached hydrogens (primary N) is 1. The van der Waals surface area contributed by atoms with Gasteiger partial charge in [0.05, 0.1) is 0 Å². The first-order valence-corrected chi connectivity index (χ1v) is 5.87. The molecule has 0 spiro atoms. The Bertz CT molecular complexity index is 293. The molecule has 0 atom stereocenters. The summed E-state index contributed by atoms with van der Waals surface area (Å²) >= 11 is 3.49. The third-order valence-electron chi connectivity index (χ3n) is 1.99. The van der Waals surface area contributed by atoms with Crippen LogP contribution in [0.4, 0.5) is 5.69 Å². The summed E-state index contributed by atoms with van der Waals surface area (Å²) in [5.74, 6) is 0.488. The molecule has 0 heterocycles. The molecule has 1 aromatic carbocycles. The second-order valence-electron chi connectivity index (χ2n) is 3.39. The van der Waals surface area contributed by atoms with Gasteiger partial charge in [-0.15, -0.1) is 0 Å². The fourth-order valence-electron chi connectivity index (χ4n) is 1.22. The monoisotopic (exact) mass is 257 g/mol. The quantitative estimate of drug-likeness (QED) is 0.738. The van der Waals surface area contributed by atoms with Crippen molar-refractivity contribution in [3.05, 3.63) is 27.7 Å². The fourth-order valence-corrected chi connectivity index (χ4v) is 1.58. The van der Waals surface area contributed by atoms with Crippen LogP contribution in [0.15, 0.2) is 16.6 Å². The zero-order valence-electron chi connectivity index (χ0n) is 9.69. The number of anilines is 1. The zero-order chi connectivity index (χ0) is 11.3. The maximum absolute atomic E-state index is 5.87.